The van der Waals surface area contributed by atoms with E-state index < -0.39 is 13.0 Å². The van der Waals surface area contributed by atoms with Gasteiger partial charge in [-0.1, -0.05) is 0 Å². The lowest BCUT2D eigenvalue weighted by Gasteiger charge is -2.09. The molecule has 1 atom stereocenters. The third kappa shape index (κ3) is 1.80. The van der Waals surface area contributed by atoms with Crippen LogP contribution in [0.25, 0.3) is 0 Å². The van der Waals surface area contributed by atoms with Crippen LogP contribution in [-0.4, -0.2) is 25.6 Å². The molecular formula is C11H13NO3. The van der Waals surface area contributed by atoms with Crippen LogP contribution >= 0.6 is 0 Å². The maximum Gasteiger partial charge on any atom is 0.231 e. The Kier molecular flexibility index (Phi) is 2.00. The molecule has 0 bridgehead atoms. The number of nitrogens with one attached hydrogen (secondary N) is 1. The van der Waals surface area contributed by atoms with Crippen LogP contribution in [0, 0.1) is 0 Å². The Morgan fingerprint density at radius 2 is 2.33 bits per heavy atom. The number of fused-ring (bicyclic) bond motifs is 1. The summed E-state index contributed by atoms with van der Waals surface area (Å²) in [6.07, 6.45) is 0. The summed E-state index contributed by atoms with van der Waals surface area (Å²) >= 11 is 0. The van der Waals surface area contributed by atoms with Gasteiger partial charge in [-0.15, -0.1) is 0 Å². The Labute approximate surface area is 91.0 Å². The van der Waals surface area contributed by atoms with Gasteiger partial charge in [-0.05, 0) is 32.1 Å². The van der Waals surface area contributed by atoms with E-state index in [1.807, 2.05) is 0 Å². The molecule has 4 nitrogen and oxygen atoms in total. The Bertz CT molecular complexity index is 437. The molecule has 80 valence electrons. The molecule has 2 rings (SSSR count). The minimum Gasteiger partial charge on any atom is -0.454 e. The van der Waals surface area contributed by atoms with Crippen LogP contribution < -0.4 is 14.8 Å². The molecule has 1 aromatic rings. The highest BCUT2D eigenvalue weighted by Gasteiger charge is 2.18. The molecular weight excluding hydrogens is 194 g/mol. The first-order valence-electron chi connectivity index (χ1n) is 5.78. The number of rotatable bonds is 3. The van der Waals surface area contributed by atoms with Gasteiger partial charge in [0.05, 0.1) is 6.04 Å². The maximum absolute atomic E-state index is 12.0. The first kappa shape index (κ1) is 7.70. The van der Waals surface area contributed by atoms with E-state index in [1.165, 1.54) is 0 Å². The number of likely N-dealkylation sites (N-methyl/N-ethyl adjacent to an activating group) is 1. The van der Waals surface area contributed by atoms with Crippen LogP contribution in [0.3, 0.4) is 0 Å². The van der Waals surface area contributed by atoms with E-state index in [9.17, 15) is 4.79 Å². The molecule has 0 spiro atoms. The molecule has 4 heteroatoms. The van der Waals surface area contributed by atoms with Gasteiger partial charge >= 0.3 is 0 Å². The summed E-state index contributed by atoms with van der Waals surface area (Å²) in [6, 6.07) is 4.37. The summed E-state index contributed by atoms with van der Waals surface area (Å²) in [6.45, 7) is 0.577. The van der Waals surface area contributed by atoms with E-state index >= 15 is 0 Å². The molecule has 1 N–H and O–H groups in total. The second-order valence-electron chi connectivity index (χ2n) is 3.32. The normalized spacial score (nSPS) is 17.2. The number of ketones is 1. The van der Waals surface area contributed by atoms with Gasteiger partial charge in [-0.2, -0.15) is 0 Å². The molecule has 0 saturated heterocycles. The third-order valence-corrected chi connectivity index (χ3v) is 2.30. The van der Waals surface area contributed by atoms with E-state index in [0.717, 1.165) is 0 Å². The highest BCUT2D eigenvalue weighted by atomic mass is 16.7. The second-order valence-corrected chi connectivity index (χ2v) is 3.32. The van der Waals surface area contributed by atoms with E-state index in [-0.39, 0.29) is 12.6 Å². The topological polar surface area (TPSA) is 47.6 Å². The van der Waals surface area contributed by atoms with Gasteiger partial charge in [0.15, 0.2) is 17.3 Å². The van der Waals surface area contributed by atoms with Gasteiger partial charge in [0.2, 0.25) is 6.79 Å². The molecule has 1 aromatic carbocycles. The monoisotopic (exact) mass is 209 g/mol. The standard InChI is InChI=1S/C11H13NO3/c1-7(12-2)11(13)8-3-4-9-10(5-8)15-6-14-9/h3-5,7,12H,6H2,1-2H3/t7-/m0/s1/i2D2. The highest BCUT2D eigenvalue weighted by Crippen LogP contribution is 2.32. The Balaban J connectivity index is 2.14. The average molecular weight is 209 g/mol. The fourth-order valence-corrected chi connectivity index (χ4v) is 1.38. The van der Waals surface area contributed by atoms with Crippen LogP contribution in [-0.2, 0) is 0 Å². The van der Waals surface area contributed by atoms with Gasteiger partial charge in [-0.3, -0.25) is 4.79 Å². The molecule has 15 heavy (non-hydrogen) atoms. The van der Waals surface area contributed by atoms with Crippen LogP contribution in [0.1, 0.15) is 20.0 Å². The molecule has 0 unspecified atom stereocenters. The van der Waals surface area contributed by atoms with E-state index in [0.29, 0.717) is 17.1 Å². The molecule has 0 radical (unpaired) electrons. The number of carbonyl (C=O) groups is 1. The smallest absolute Gasteiger partial charge is 0.231 e. The van der Waals surface area contributed by atoms with Gasteiger partial charge in [0.1, 0.15) is 0 Å². The van der Waals surface area contributed by atoms with Crippen molar-refractivity contribution in [2.45, 2.75) is 13.0 Å². The van der Waals surface area contributed by atoms with E-state index in [2.05, 4.69) is 5.32 Å². The van der Waals surface area contributed by atoms with Crippen LogP contribution in [0.15, 0.2) is 18.2 Å². The maximum atomic E-state index is 12.0. The van der Waals surface area contributed by atoms with Crippen molar-refractivity contribution in [3.05, 3.63) is 23.8 Å². The van der Waals surface area contributed by atoms with Crippen molar-refractivity contribution < 1.29 is 17.0 Å². The molecule has 1 heterocycles. The summed E-state index contributed by atoms with van der Waals surface area (Å²) in [4.78, 5) is 12.0. The minimum atomic E-state index is -1.22. The van der Waals surface area contributed by atoms with Crippen molar-refractivity contribution in [3.63, 3.8) is 0 Å². The summed E-state index contributed by atoms with van der Waals surface area (Å²) < 4.78 is 24.4. The van der Waals surface area contributed by atoms with Gasteiger partial charge in [-0.25, -0.2) is 0 Å². The average Bonchev–Trinajstić information content (AvgIpc) is 2.73. The summed E-state index contributed by atoms with van der Waals surface area (Å²) in [5.74, 6) is 1.00. The van der Waals surface area contributed by atoms with E-state index in [4.69, 9.17) is 12.2 Å². The first-order chi connectivity index (χ1) is 8.08. The van der Waals surface area contributed by atoms with Gasteiger partial charge < -0.3 is 14.8 Å². The van der Waals surface area contributed by atoms with Crippen molar-refractivity contribution in [2.24, 2.45) is 0 Å². The first-order valence-corrected chi connectivity index (χ1v) is 4.62. The van der Waals surface area contributed by atoms with Crippen molar-refractivity contribution in [1.29, 1.82) is 0 Å². The van der Waals surface area contributed by atoms with Crippen LogP contribution in [0.5, 0.6) is 11.5 Å². The quantitative estimate of drug-likeness (QED) is 0.760. The number of Topliss-reactive ketones (excluding diaryl/α,β-unsaturated/α-hetero) is 1. The fourth-order valence-electron chi connectivity index (χ4n) is 1.38. The van der Waals surface area contributed by atoms with Gasteiger partial charge in [0.25, 0.3) is 0 Å². The van der Waals surface area contributed by atoms with Crippen molar-refractivity contribution in [3.8, 4) is 11.5 Å². The number of carbonyl (C=O) groups excluding carboxylic acids is 1. The van der Waals surface area contributed by atoms with Crippen LogP contribution in [0.4, 0.5) is 0 Å². The number of benzene rings is 1. The summed E-state index contributed by atoms with van der Waals surface area (Å²) in [5.41, 5.74) is 0.481. The minimum absolute atomic E-state index is 0.169. The Morgan fingerprint density at radius 3 is 3.13 bits per heavy atom. The number of ether oxygens (including phenoxy) is 2. The Hall–Kier alpha value is -1.55. The molecule has 0 amide bonds. The molecule has 0 aromatic heterocycles. The fraction of sp³-hybridized carbons (Fsp3) is 0.364. The number of hydrogen-bond acceptors (Lipinski definition) is 4. The lowest BCUT2D eigenvalue weighted by Crippen LogP contribution is -2.30. The molecule has 1 aliphatic heterocycles. The molecule has 0 aliphatic carbocycles. The van der Waals surface area contributed by atoms with E-state index in [1.54, 1.807) is 25.1 Å². The van der Waals surface area contributed by atoms with Crippen molar-refractivity contribution in [2.75, 3.05) is 13.8 Å². The summed E-state index contributed by atoms with van der Waals surface area (Å²) in [7, 11) is 0. The van der Waals surface area contributed by atoms with Crippen LogP contribution in [0.2, 0.25) is 0 Å². The van der Waals surface area contributed by atoms with Crippen molar-refractivity contribution in [1.82, 2.24) is 5.32 Å². The predicted octanol–water partition coefficient (Wildman–Crippen LogP) is 1.21. The Morgan fingerprint density at radius 1 is 1.53 bits per heavy atom. The molecule has 0 saturated carbocycles. The lowest BCUT2D eigenvalue weighted by atomic mass is 10.1. The largest absolute Gasteiger partial charge is 0.454 e. The molecule has 1 aliphatic rings. The predicted molar refractivity (Wildman–Crippen MR) is 55.4 cm³/mol. The summed E-state index contributed by atoms with van der Waals surface area (Å²) in [5, 5.41) is 2.52. The van der Waals surface area contributed by atoms with Crippen molar-refractivity contribution >= 4 is 5.78 Å². The second kappa shape index (κ2) is 3.90. The number of hydrogen-bond donors (Lipinski definition) is 1. The highest BCUT2D eigenvalue weighted by molar-refractivity contribution is 6.00. The van der Waals surface area contributed by atoms with Gasteiger partial charge in [0, 0.05) is 8.30 Å². The SMILES string of the molecule is [2H]C([2H])N[C@@H](C)C(=O)c1ccc2c(c1)OCO2. The zero-order valence-electron chi connectivity index (χ0n) is 10.3. The lowest BCUT2D eigenvalue weighted by molar-refractivity contribution is 0.0954. The molecule has 0 fully saturated rings. The zero-order valence-corrected chi connectivity index (χ0v) is 8.32. The zero-order chi connectivity index (χ0) is 12.4. The third-order valence-electron chi connectivity index (χ3n) is 2.30.